The lowest BCUT2D eigenvalue weighted by Gasteiger charge is -2.01. The van der Waals surface area contributed by atoms with Crippen LogP contribution in [0.1, 0.15) is 0 Å². The standard InChI is InChI=1S/C12H8N6S/c13-6-9-10(7-14)19-12(18-17-11(9)15)16-8-4-2-1-3-5-8/h1-5H,(H2,15,17)(H,16,18). The maximum absolute atomic E-state index is 9.05. The van der Waals surface area contributed by atoms with Crippen molar-refractivity contribution in [1.29, 1.82) is 10.5 Å². The Bertz CT molecular complexity index is 660. The van der Waals surface area contributed by atoms with Gasteiger partial charge in [0.05, 0.1) is 5.69 Å². The summed E-state index contributed by atoms with van der Waals surface area (Å²) in [5.41, 5.74) is 9.01. The highest BCUT2D eigenvalue weighted by atomic mass is 32.2. The number of nitrogens with zero attached hydrogens (tertiary/aromatic N) is 4. The Labute approximate surface area is 113 Å². The quantitative estimate of drug-likeness (QED) is 0.803. The maximum Gasteiger partial charge on any atom is 0.188 e. The third kappa shape index (κ3) is 2.92. The predicted molar refractivity (Wildman–Crippen MR) is 74.1 cm³/mol. The van der Waals surface area contributed by atoms with Crippen LogP contribution in [0.15, 0.2) is 50.9 Å². The monoisotopic (exact) mass is 268 g/mol. The van der Waals surface area contributed by atoms with E-state index in [0.717, 1.165) is 11.8 Å². The molecule has 0 amide bonds. The number of amidine groups is 2. The van der Waals surface area contributed by atoms with E-state index in [4.69, 9.17) is 16.3 Å². The molecule has 1 aromatic carbocycles. The Morgan fingerprint density at radius 2 is 1.95 bits per heavy atom. The maximum atomic E-state index is 9.05. The molecule has 1 aromatic rings. The van der Waals surface area contributed by atoms with Gasteiger partial charge >= 0.3 is 0 Å². The number of benzene rings is 1. The largest absolute Gasteiger partial charge is 0.381 e. The van der Waals surface area contributed by atoms with Crippen molar-refractivity contribution in [2.45, 2.75) is 0 Å². The van der Waals surface area contributed by atoms with Gasteiger partial charge in [0.25, 0.3) is 0 Å². The van der Waals surface area contributed by atoms with Gasteiger partial charge in [-0.25, -0.2) is 4.99 Å². The van der Waals surface area contributed by atoms with Crippen LogP contribution in [0.5, 0.6) is 0 Å². The summed E-state index contributed by atoms with van der Waals surface area (Å²) in [4.78, 5) is 4.46. The van der Waals surface area contributed by atoms with E-state index in [1.54, 1.807) is 0 Å². The molecule has 0 atom stereocenters. The Morgan fingerprint density at radius 1 is 1.21 bits per heavy atom. The Balaban J connectivity index is 2.39. The average molecular weight is 268 g/mol. The van der Waals surface area contributed by atoms with Gasteiger partial charge in [-0.2, -0.15) is 15.6 Å². The highest BCUT2D eigenvalue weighted by molar-refractivity contribution is 8.17. The summed E-state index contributed by atoms with van der Waals surface area (Å²) in [5, 5.41) is 22.2. The second-order valence-corrected chi connectivity index (χ2v) is 4.39. The third-order valence-corrected chi connectivity index (χ3v) is 3.03. The van der Waals surface area contributed by atoms with Crippen LogP contribution in [0.25, 0.3) is 0 Å². The van der Waals surface area contributed by atoms with Crippen molar-refractivity contribution in [3.05, 3.63) is 40.8 Å². The zero-order valence-corrected chi connectivity index (χ0v) is 10.5. The van der Waals surface area contributed by atoms with Crippen LogP contribution >= 0.6 is 11.8 Å². The van der Waals surface area contributed by atoms with Crippen LogP contribution < -0.4 is 11.2 Å². The molecule has 0 bridgehead atoms. The molecule has 19 heavy (non-hydrogen) atoms. The first-order valence-corrected chi connectivity index (χ1v) is 6.02. The lowest BCUT2D eigenvalue weighted by Crippen LogP contribution is -2.19. The molecule has 0 radical (unpaired) electrons. The summed E-state index contributed by atoms with van der Waals surface area (Å²) in [6.07, 6.45) is 0. The second kappa shape index (κ2) is 5.71. The number of aliphatic imine (C=N–C) groups is 1. The number of nitriles is 2. The van der Waals surface area contributed by atoms with E-state index in [-0.39, 0.29) is 16.3 Å². The molecule has 1 aliphatic rings. The zero-order valence-electron chi connectivity index (χ0n) is 9.66. The van der Waals surface area contributed by atoms with Gasteiger partial charge in [0.2, 0.25) is 0 Å². The van der Waals surface area contributed by atoms with Crippen molar-refractivity contribution in [1.82, 2.24) is 5.43 Å². The number of nitrogens with one attached hydrogen (secondary N) is 1. The van der Waals surface area contributed by atoms with Gasteiger partial charge < -0.3 is 5.73 Å². The fourth-order valence-electron chi connectivity index (χ4n) is 1.31. The summed E-state index contributed by atoms with van der Waals surface area (Å²) < 4.78 is 0. The molecule has 0 fully saturated rings. The molecule has 0 spiro atoms. The van der Waals surface area contributed by atoms with Crippen molar-refractivity contribution in [2.75, 3.05) is 0 Å². The summed E-state index contributed by atoms with van der Waals surface area (Å²) >= 11 is 1.02. The zero-order chi connectivity index (χ0) is 13.7. The smallest absolute Gasteiger partial charge is 0.188 e. The molecule has 0 saturated heterocycles. The SMILES string of the molecule is N#CC1=C(C#N)C(N)=NNC(=Nc2ccccc2)S1. The van der Waals surface area contributed by atoms with Gasteiger partial charge in [0.1, 0.15) is 22.6 Å². The lowest BCUT2D eigenvalue weighted by molar-refractivity contribution is 1.04. The summed E-state index contributed by atoms with van der Waals surface area (Å²) in [7, 11) is 0. The number of hydrazone groups is 1. The number of rotatable bonds is 1. The van der Waals surface area contributed by atoms with Gasteiger partial charge in [-0.05, 0) is 23.9 Å². The van der Waals surface area contributed by atoms with E-state index in [1.807, 2.05) is 42.5 Å². The Morgan fingerprint density at radius 3 is 2.58 bits per heavy atom. The minimum Gasteiger partial charge on any atom is -0.381 e. The van der Waals surface area contributed by atoms with Crippen LogP contribution in [0.2, 0.25) is 0 Å². The lowest BCUT2D eigenvalue weighted by atomic mass is 10.2. The van der Waals surface area contributed by atoms with E-state index >= 15 is 0 Å². The first-order valence-electron chi connectivity index (χ1n) is 5.20. The van der Waals surface area contributed by atoms with E-state index in [2.05, 4.69) is 15.5 Å². The Kier molecular flexibility index (Phi) is 3.81. The first-order chi connectivity index (χ1) is 9.24. The molecular formula is C12H8N6S. The van der Waals surface area contributed by atoms with Crippen LogP contribution in [0, 0.1) is 22.7 Å². The van der Waals surface area contributed by atoms with E-state index in [1.165, 1.54) is 0 Å². The van der Waals surface area contributed by atoms with Gasteiger partial charge in [-0.15, -0.1) is 0 Å². The third-order valence-electron chi connectivity index (χ3n) is 2.15. The van der Waals surface area contributed by atoms with E-state index in [0.29, 0.717) is 10.9 Å². The van der Waals surface area contributed by atoms with Crippen molar-refractivity contribution >= 4 is 28.5 Å². The number of hydrogen-bond donors (Lipinski definition) is 2. The molecule has 92 valence electrons. The molecule has 0 unspecified atom stereocenters. The van der Waals surface area contributed by atoms with E-state index in [9.17, 15) is 0 Å². The van der Waals surface area contributed by atoms with Crippen molar-refractivity contribution in [3.8, 4) is 12.1 Å². The number of hydrogen-bond acceptors (Lipinski definition) is 6. The van der Waals surface area contributed by atoms with E-state index < -0.39 is 0 Å². The normalized spacial score (nSPS) is 16.9. The fraction of sp³-hybridized carbons (Fsp3) is 0. The number of allylic oxidation sites excluding steroid dienone is 1. The highest BCUT2D eigenvalue weighted by Crippen LogP contribution is 2.24. The number of para-hydroxylation sites is 1. The molecule has 0 aromatic heterocycles. The number of nitrogens with two attached hydrogens (primary N) is 1. The molecule has 0 saturated carbocycles. The van der Waals surface area contributed by atoms with Gasteiger partial charge in [0, 0.05) is 0 Å². The van der Waals surface area contributed by atoms with Gasteiger partial charge in [0.15, 0.2) is 11.0 Å². The number of thioether (sulfide) groups is 1. The molecular weight excluding hydrogens is 260 g/mol. The van der Waals surface area contributed by atoms with Crippen LogP contribution in [0.3, 0.4) is 0 Å². The van der Waals surface area contributed by atoms with Gasteiger partial charge in [-0.1, -0.05) is 18.2 Å². The molecule has 2 rings (SSSR count). The van der Waals surface area contributed by atoms with Crippen molar-refractivity contribution in [3.63, 3.8) is 0 Å². The second-order valence-electron chi connectivity index (χ2n) is 3.39. The van der Waals surface area contributed by atoms with Crippen LogP contribution in [0.4, 0.5) is 5.69 Å². The fourth-order valence-corrected chi connectivity index (χ4v) is 2.04. The summed E-state index contributed by atoms with van der Waals surface area (Å²) in [6.45, 7) is 0. The molecule has 3 N–H and O–H groups in total. The van der Waals surface area contributed by atoms with Crippen molar-refractivity contribution in [2.24, 2.45) is 15.8 Å². The average Bonchev–Trinajstić information content (AvgIpc) is 2.59. The molecule has 0 aliphatic carbocycles. The van der Waals surface area contributed by atoms with Crippen LogP contribution in [-0.2, 0) is 0 Å². The van der Waals surface area contributed by atoms with Crippen LogP contribution in [-0.4, -0.2) is 11.0 Å². The summed E-state index contributed by atoms with van der Waals surface area (Å²) in [6, 6.07) is 13.0. The highest BCUT2D eigenvalue weighted by Gasteiger charge is 2.18. The van der Waals surface area contributed by atoms with Gasteiger partial charge in [-0.3, -0.25) is 5.43 Å². The first kappa shape index (κ1) is 12.7. The topological polar surface area (TPSA) is 110 Å². The Hall–Kier alpha value is -2.77. The molecule has 1 aliphatic heterocycles. The predicted octanol–water partition coefficient (Wildman–Crippen LogP) is 1.58. The molecule has 7 heteroatoms. The molecule has 1 heterocycles. The van der Waals surface area contributed by atoms with Crippen molar-refractivity contribution < 1.29 is 0 Å². The molecule has 6 nitrogen and oxygen atoms in total. The minimum atomic E-state index is -0.0233. The summed E-state index contributed by atoms with van der Waals surface area (Å²) in [5.74, 6) is -0.0233. The minimum absolute atomic E-state index is 0.0233.